The van der Waals surface area contributed by atoms with Gasteiger partial charge in [0.15, 0.2) is 0 Å². The van der Waals surface area contributed by atoms with Crippen LogP contribution in [-0.2, 0) is 0 Å². The number of aliphatic hydroxyl groups is 2. The van der Waals surface area contributed by atoms with Crippen molar-refractivity contribution in [3.63, 3.8) is 0 Å². The van der Waals surface area contributed by atoms with Gasteiger partial charge in [-0.15, -0.1) is 0 Å². The predicted octanol–water partition coefficient (Wildman–Crippen LogP) is -0.207. The van der Waals surface area contributed by atoms with Gasteiger partial charge < -0.3 is 10.2 Å². The van der Waals surface area contributed by atoms with Crippen molar-refractivity contribution in [2.45, 2.75) is 17.5 Å². The van der Waals surface area contributed by atoms with Gasteiger partial charge in [0.05, 0.1) is 11.9 Å². The molecule has 0 aromatic carbocycles. The molecule has 3 atom stereocenters. The molecule has 2 nitrogen and oxygen atoms in total. The maximum atomic E-state index is 12.4. The summed E-state index contributed by atoms with van der Waals surface area (Å²) in [6, 6.07) is 0. The number of aliphatic hydroxyl groups excluding tert-OH is 2. The molecule has 0 aliphatic carbocycles. The molecule has 1 aliphatic rings. The van der Waals surface area contributed by atoms with E-state index in [0.717, 1.165) is 0 Å². The summed E-state index contributed by atoms with van der Waals surface area (Å²) in [5, 5.41) is 17.1. The average molecular weight is 152 g/mol. The highest BCUT2D eigenvalue weighted by Gasteiger charge is 2.34. The highest BCUT2D eigenvalue weighted by molar-refractivity contribution is 8.00. The number of halogens is 1. The molecule has 1 heterocycles. The molecule has 2 N–H and O–H groups in total. The molecule has 4 heteroatoms. The Morgan fingerprint density at radius 3 is 2.56 bits per heavy atom. The number of hydrogen-bond acceptors (Lipinski definition) is 3. The average Bonchev–Trinajstić information content (AvgIpc) is 2.15. The minimum atomic E-state index is -1.15. The Morgan fingerprint density at radius 1 is 1.67 bits per heavy atom. The van der Waals surface area contributed by atoms with Crippen molar-refractivity contribution in [1.29, 1.82) is 0 Å². The molecule has 0 spiro atoms. The number of alkyl halides is 1. The number of hydrogen-bond donors (Lipinski definition) is 2. The minimum absolute atomic E-state index is 0.133. The zero-order valence-electron chi connectivity index (χ0n) is 4.83. The molecule has 0 radical (unpaired) electrons. The lowest BCUT2D eigenvalue weighted by atomic mass is 10.2. The Kier molecular flexibility index (Phi) is 2.32. The van der Waals surface area contributed by atoms with Gasteiger partial charge >= 0.3 is 0 Å². The van der Waals surface area contributed by atoms with E-state index in [1.165, 1.54) is 11.8 Å². The summed E-state index contributed by atoms with van der Waals surface area (Å²) in [5.41, 5.74) is 0. The van der Waals surface area contributed by atoms with E-state index in [9.17, 15) is 4.39 Å². The quantitative estimate of drug-likeness (QED) is 0.546. The molecular formula is C5H9FO2S. The van der Waals surface area contributed by atoms with Crippen molar-refractivity contribution >= 4 is 11.8 Å². The zero-order valence-corrected chi connectivity index (χ0v) is 5.64. The van der Waals surface area contributed by atoms with Gasteiger partial charge in [0.1, 0.15) is 12.3 Å². The van der Waals surface area contributed by atoms with Gasteiger partial charge in [-0.3, -0.25) is 0 Å². The molecule has 1 saturated heterocycles. The molecule has 54 valence electrons. The molecule has 0 amide bonds. The standard InChI is InChI=1S/C5H9FO2S/c6-3-2-9-4(1-7)5(3)8/h3-5,7-8H,1-2H2. The van der Waals surface area contributed by atoms with Crippen LogP contribution in [0.25, 0.3) is 0 Å². The first-order valence-electron chi connectivity index (χ1n) is 2.80. The van der Waals surface area contributed by atoms with Crippen LogP contribution in [0, 0.1) is 0 Å². The molecular weight excluding hydrogens is 143 g/mol. The SMILES string of the molecule is OCC1SCC(F)C1O. The van der Waals surface area contributed by atoms with E-state index in [1.54, 1.807) is 0 Å². The maximum Gasteiger partial charge on any atom is 0.136 e. The van der Waals surface area contributed by atoms with Crippen LogP contribution in [-0.4, -0.2) is 40.1 Å². The van der Waals surface area contributed by atoms with Crippen molar-refractivity contribution in [3.05, 3.63) is 0 Å². The van der Waals surface area contributed by atoms with E-state index < -0.39 is 12.3 Å². The van der Waals surface area contributed by atoms with Crippen LogP contribution >= 0.6 is 11.8 Å². The van der Waals surface area contributed by atoms with Gasteiger partial charge in [-0.1, -0.05) is 0 Å². The Bertz CT molecular complexity index is 101. The van der Waals surface area contributed by atoms with E-state index in [2.05, 4.69) is 0 Å². The summed E-state index contributed by atoms with van der Waals surface area (Å²) < 4.78 is 12.4. The highest BCUT2D eigenvalue weighted by atomic mass is 32.2. The third-order valence-corrected chi connectivity index (χ3v) is 2.77. The summed E-state index contributed by atoms with van der Waals surface area (Å²) in [5.74, 6) is 0.312. The first kappa shape index (κ1) is 7.31. The van der Waals surface area contributed by atoms with E-state index >= 15 is 0 Å². The summed E-state index contributed by atoms with van der Waals surface area (Å²) in [6.07, 6.45) is -2.10. The van der Waals surface area contributed by atoms with Gasteiger partial charge in [0.2, 0.25) is 0 Å². The first-order valence-corrected chi connectivity index (χ1v) is 3.85. The summed E-state index contributed by atoms with van der Waals surface area (Å²) >= 11 is 1.28. The third kappa shape index (κ3) is 1.36. The van der Waals surface area contributed by atoms with Crippen LogP contribution in [0.2, 0.25) is 0 Å². The van der Waals surface area contributed by atoms with Crippen molar-refractivity contribution < 1.29 is 14.6 Å². The predicted molar refractivity (Wildman–Crippen MR) is 34.2 cm³/mol. The fourth-order valence-corrected chi connectivity index (χ4v) is 1.91. The van der Waals surface area contributed by atoms with Crippen molar-refractivity contribution in [1.82, 2.24) is 0 Å². The normalized spacial score (nSPS) is 43.7. The molecule has 9 heavy (non-hydrogen) atoms. The lowest BCUT2D eigenvalue weighted by Gasteiger charge is -2.09. The first-order chi connectivity index (χ1) is 4.25. The van der Waals surface area contributed by atoms with E-state index in [-0.39, 0.29) is 11.9 Å². The van der Waals surface area contributed by atoms with Crippen LogP contribution in [0.4, 0.5) is 4.39 Å². The monoisotopic (exact) mass is 152 g/mol. The van der Waals surface area contributed by atoms with Crippen LogP contribution in [0.15, 0.2) is 0 Å². The van der Waals surface area contributed by atoms with E-state index in [1.807, 2.05) is 0 Å². The fraction of sp³-hybridized carbons (Fsp3) is 1.00. The van der Waals surface area contributed by atoms with Gasteiger partial charge in [0.25, 0.3) is 0 Å². The zero-order chi connectivity index (χ0) is 6.85. The summed E-state index contributed by atoms with van der Waals surface area (Å²) in [4.78, 5) is 0. The number of thioether (sulfide) groups is 1. The Labute approximate surface area is 57.1 Å². The minimum Gasteiger partial charge on any atom is -0.395 e. The molecule has 0 saturated carbocycles. The lowest BCUT2D eigenvalue weighted by Crippen LogP contribution is -2.28. The molecule has 0 aromatic rings. The fourth-order valence-electron chi connectivity index (χ4n) is 0.806. The van der Waals surface area contributed by atoms with E-state index in [0.29, 0.717) is 5.75 Å². The van der Waals surface area contributed by atoms with E-state index in [4.69, 9.17) is 10.2 Å². The van der Waals surface area contributed by atoms with Gasteiger partial charge in [-0.25, -0.2) is 4.39 Å². The molecule has 3 unspecified atom stereocenters. The van der Waals surface area contributed by atoms with Gasteiger partial charge in [-0.2, -0.15) is 11.8 Å². The molecule has 0 aromatic heterocycles. The third-order valence-electron chi connectivity index (χ3n) is 1.40. The Balaban J connectivity index is 2.41. The lowest BCUT2D eigenvalue weighted by molar-refractivity contribution is 0.0816. The van der Waals surface area contributed by atoms with Crippen LogP contribution in [0.1, 0.15) is 0 Å². The molecule has 1 rings (SSSR count). The van der Waals surface area contributed by atoms with Crippen molar-refractivity contribution in [3.8, 4) is 0 Å². The molecule has 1 fully saturated rings. The van der Waals surface area contributed by atoms with Gasteiger partial charge in [0, 0.05) is 5.75 Å². The van der Waals surface area contributed by atoms with Crippen LogP contribution < -0.4 is 0 Å². The summed E-state index contributed by atoms with van der Waals surface area (Å²) in [6.45, 7) is -0.133. The second-order valence-corrected chi connectivity index (χ2v) is 3.33. The van der Waals surface area contributed by atoms with Gasteiger partial charge in [-0.05, 0) is 0 Å². The highest BCUT2D eigenvalue weighted by Crippen LogP contribution is 2.28. The molecule has 1 aliphatic heterocycles. The largest absolute Gasteiger partial charge is 0.395 e. The van der Waals surface area contributed by atoms with Crippen molar-refractivity contribution in [2.24, 2.45) is 0 Å². The second kappa shape index (κ2) is 2.86. The van der Waals surface area contributed by atoms with Crippen molar-refractivity contribution in [2.75, 3.05) is 12.4 Å². The maximum absolute atomic E-state index is 12.4. The topological polar surface area (TPSA) is 40.5 Å². The Hall–Kier alpha value is 0.200. The van der Waals surface area contributed by atoms with Crippen LogP contribution in [0.5, 0.6) is 0 Å². The summed E-state index contributed by atoms with van der Waals surface area (Å²) in [7, 11) is 0. The molecule has 0 bridgehead atoms. The second-order valence-electron chi connectivity index (χ2n) is 2.06. The Morgan fingerprint density at radius 2 is 2.33 bits per heavy atom. The number of rotatable bonds is 1. The van der Waals surface area contributed by atoms with Crippen LogP contribution in [0.3, 0.4) is 0 Å². The smallest absolute Gasteiger partial charge is 0.136 e.